The van der Waals surface area contributed by atoms with Gasteiger partial charge in [0.1, 0.15) is 0 Å². The molecule has 0 aliphatic rings. The van der Waals surface area contributed by atoms with Gasteiger partial charge in [0, 0.05) is 6.04 Å². The molecule has 0 aliphatic carbocycles. The van der Waals surface area contributed by atoms with Crippen molar-refractivity contribution in [2.24, 2.45) is 11.7 Å². The van der Waals surface area contributed by atoms with Gasteiger partial charge in [-0.25, -0.2) is 0 Å². The molecule has 0 saturated heterocycles. The fraction of sp³-hybridized carbons (Fsp3) is 0.538. The Kier molecular flexibility index (Phi) is 4.57. The molecule has 0 radical (unpaired) electrons. The van der Waals surface area contributed by atoms with E-state index in [-0.39, 0.29) is 6.04 Å². The molecule has 2 N–H and O–H groups in total. The number of hydrogen-bond acceptors (Lipinski definition) is 1. The molecule has 1 nitrogen and oxygen atoms in total. The highest BCUT2D eigenvalue weighted by atomic mass is 19.4. The third-order valence-electron chi connectivity index (χ3n) is 3.02. The summed E-state index contributed by atoms with van der Waals surface area (Å²) in [7, 11) is 0. The van der Waals surface area contributed by atoms with Crippen molar-refractivity contribution in [3.63, 3.8) is 0 Å². The van der Waals surface area contributed by atoms with Crippen LogP contribution in [0.15, 0.2) is 24.3 Å². The van der Waals surface area contributed by atoms with Crippen LogP contribution in [0.5, 0.6) is 0 Å². The third-order valence-corrected chi connectivity index (χ3v) is 3.02. The summed E-state index contributed by atoms with van der Waals surface area (Å²) in [4.78, 5) is 0. The number of hydrogen-bond donors (Lipinski definition) is 1. The molecular weight excluding hydrogens is 227 g/mol. The predicted octanol–water partition coefficient (Wildman–Crippen LogP) is 4.14. The van der Waals surface area contributed by atoms with Crippen LogP contribution in [0.4, 0.5) is 13.2 Å². The van der Waals surface area contributed by atoms with Gasteiger partial charge in [0.2, 0.25) is 0 Å². The lowest BCUT2D eigenvalue weighted by molar-refractivity contribution is -0.137. The summed E-state index contributed by atoms with van der Waals surface area (Å²) in [6.45, 7) is 4.16. The van der Waals surface area contributed by atoms with Crippen molar-refractivity contribution < 1.29 is 13.2 Å². The highest BCUT2D eigenvalue weighted by molar-refractivity contribution is 5.26. The Morgan fingerprint density at radius 3 is 2.12 bits per heavy atom. The topological polar surface area (TPSA) is 26.0 Å². The zero-order chi connectivity index (χ0) is 13.1. The normalized spacial score (nSPS) is 15.6. The second-order valence-corrected chi connectivity index (χ2v) is 4.48. The van der Waals surface area contributed by atoms with Gasteiger partial charge in [-0.1, -0.05) is 32.4 Å². The van der Waals surface area contributed by atoms with Crippen LogP contribution < -0.4 is 5.73 Å². The Morgan fingerprint density at radius 2 is 1.71 bits per heavy atom. The first-order valence-corrected chi connectivity index (χ1v) is 5.77. The summed E-state index contributed by atoms with van der Waals surface area (Å²) < 4.78 is 37.1. The first-order valence-electron chi connectivity index (χ1n) is 5.77. The van der Waals surface area contributed by atoms with E-state index in [1.807, 2.05) is 0 Å². The van der Waals surface area contributed by atoms with Crippen molar-refractivity contribution in [3.8, 4) is 0 Å². The first-order chi connectivity index (χ1) is 7.84. The molecular formula is C13H18F3N. The fourth-order valence-electron chi connectivity index (χ4n) is 1.66. The van der Waals surface area contributed by atoms with Gasteiger partial charge in [-0.15, -0.1) is 0 Å². The monoisotopic (exact) mass is 245 g/mol. The average Bonchev–Trinajstić information content (AvgIpc) is 2.27. The van der Waals surface area contributed by atoms with Crippen LogP contribution in [0.2, 0.25) is 0 Å². The van der Waals surface area contributed by atoms with E-state index in [0.29, 0.717) is 5.92 Å². The van der Waals surface area contributed by atoms with E-state index in [9.17, 15) is 13.2 Å². The zero-order valence-electron chi connectivity index (χ0n) is 10.1. The third kappa shape index (κ3) is 4.04. The lowest BCUT2D eigenvalue weighted by Crippen LogP contribution is -2.14. The second-order valence-electron chi connectivity index (χ2n) is 4.48. The van der Waals surface area contributed by atoms with Crippen molar-refractivity contribution in [1.82, 2.24) is 0 Å². The molecule has 0 saturated carbocycles. The summed E-state index contributed by atoms with van der Waals surface area (Å²) in [5, 5.41) is 0. The van der Waals surface area contributed by atoms with E-state index in [4.69, 9.17) is 5.73 Å². The summed E-state index contributed by atoms with van der Waals surface area (Å²) in [5.74, 6) is 0.479. The molecule has 96 valence electrons. The van der Waals surface area contributed by atoms with E-state index in [0.717, 1.165) is 30.5 Å². The van der Waals surface area contributed by atoms with E-state index in [1.54, 1.807) is 0 Å². The molecule has 0 spiro atoms. The van der Waals surface area contributed by atoms with Crippen LogP contribution in [0.1, 0.15) is 43.9 Å². The SMILES string of the molecule is CCC(C)CC(N)c1ccc(C(F)(F)F)cc1. The Morgan fingerprint density at radius 1 is 1.18 bits per heavy atom. The number of alkyl halides is 3. The number of nitrogens with two attached hydrogens (primary N) is 1. The number of benzene rings is 1. The minimum atomic E-state index is -4.28. The summed E-state index contributed by atoms with van der Waals surface area (Å²) in [6.07, 6.45) is -2.46. The first kappa shape index (κ1) is 14.0. The van der Waals surface area contributed by atoms with E-state index < -0.39 is 11.7 Å². The van der Waals surface area contributed by atoms with Crippen LogP contribution in [-0.2, 0) is 6.18 Å². The summed E-state index contributed by atoms with van der Waals surface area (Å²) >= 11 is 0. The van der Waals surface area contributed by atoms with Crippen molar-refractivity contribution in [2.45, 2.75) is 38.9 Å². The molecule has 4 heteroatoms. The molecule has 17 heavy (non-hydrogen) atoms. The van der Waals surface area contributed by atoms with E-state index in [1.165, 1.54) is 12.1 Å². The molecule has 0 aliphatic heterocycles. The van der Waals surface area contributed by atoms with Gasteiger partial charge in [0.25, 0.3) is 0 Å². The molecule has 2 atom stereocenters. The number of rotatable bonds is 4. The molecule has 0 amide bonds. The lowest BCUT2D eigenvalue weighted by Gasteiger charge is -2.17. The second kappa shape index (κ2) is 5.54. The molecule has 1 rings (SSSR count). The van der Waals surface area contributed by atoms with Crippen LogP contribution in [0.25, 0.3) is 0 Å². The minimum absolute atomic E-state index is 0.188. The van der Waals surface area contributed by atoms with Gasteiger partial charge in [0.15, 0.2) is 0 Å². The van der Waals surface area contributed by atoms with Gasteiger partial charge in [-0.2, -0.15) is 13.2 Å². The highest BCUT2D eigenvalue weighted by Crippen LogP contribution is 2.30. The Bertz CT molecular complexity index is 343. The maximum absolute atomic E-state index is 12.4. The lowest BCUT2D eigenvalue weighted by atomic mass is 9.94. The molecule has 0 fully saturated rings. The molecule has 1 aromatic carbocycles. The van der Waals surface area contributed by atoms with E-state index in [2.05, 4.69) is 13.8 Å². The molecule has 1 aromatic rings. The average molecular weight is 245 g/mol. The van der Waals surface area contributed by atoms with Gasteiger partial charge >= 0.3 is 6.18 Å². The van der Waals surface area contributed by atoms with Crippen LogP contribution in [-0.4, -0.2) is 0 Å². The quantitative estimate of drug-likeness (QED) is 0.847. The molecule has 0 heterocycles. The van der Waals surface area contributed by atoms with Crippen molar-refractivity contribution in [1.29, 1.82) is 0 Å². The zero-order valence-corrected chi connectivity index (χ0v) is 10.1. The van der Waals surface area contributed by atoms with Crippen LogP contribution in [0, 0.1) is 5.92 Å². The summed E-state index contributed by atoms with van der Waals surface area (Å²) in [5.41, 5.74) is 6.08. The Balaban J connectivity index is 2.74. The molecule has 0 bridgehead atoms. The van der Waals surface area contributed by atoms with Gasteiger partial charge < -0.3 is 5.73 Å². The Hall–Kier alpha value is -1.03. The van der Waals surface area contributed by atoms with Crippen molar-refractivity contribution in [3.05, 3.63) is 35.4 Å². The smallest absolute Gasteiger partial charge is 0.324 e. The Labute approximate surface area is 99.8 Å². The molecule has 2 unspecified atom stereocenters. The van der Waals surface area contributed by atoms with Crippen molar-refractivity contribution >= 4 is 0 Å². The molecule has 0 aromatic heterocycles. The van der Waals surface area contributed by atoms with Gasteiger partial charge in [-0.3, -0.25) is 0 Å². The maximum Gasteiger partial charge on any atom is 0.416 e. The van der Waals surface area contributed by atoms with Gasteiger partial charge in [0.05, 0.1) is 5.56 Å². The van der Waals surface area contributed by atoms with Gasteiger partial charge in [-0.05, 0) is 30.0 Å². The van der Waals surface area contributed by atoms with Crippen LogP contribution in [0.3, 0.4) is 0 Å². The largest absolute Gasteiger partial charge is 0.416 e. The van der Waals surface area contributed by atoms with Crippen molar-refractivity contribution in [2.75, 3.05) is 0 Å². The minimum Gasteiger partial charge on any atom is -0.324 e. The van der Waals surface area contributed by atoms with Crippen LogP contribution >= 0.6 is 0 Å². The number of halogens is 3. The summed E-state index contributed by atoms with van der Waals surface area (Å²) in [6, 6.07) is 4.93. The maximum atomic E-state index is 12.4. The highest BCUT2D eigenvalue weighted by Gasteiger charge is 2.30. The predicted molar refractivity (Wildman–Crippen MR) is 62.4 cm³/mol. The van der Waals surface area contributed by atoms with E-state index >= 15 is 0 Å². The standard InChI is InChI=1S/C13H18F3N/c1-3-9(2)8-12(17)10-4-6-11(7-5-10)13(14,15)16/h4-7,9,12H,3,8,17H2,1-2H3. The fourth-order valence-corrected chi connectivity index (χ4v) is 1.66.